The van der Waals surface area contributed by atoms with E-state index in [1.54, 1.807) is 42.5 Å². The van der Waals surface area contributed by atoms with Gasteiger partial charge in [0.15, 0.2) is 6.61 Å². The quantitative estimate of drug-likeness (QED) is 0.610. The summed E-state index contributed by atoms with van der Waals surface area (Å²) in [6, 6.07) is 19.2. The third-order valence-electron chi connectivity index (χ3n) is 5.67. The van der Waals surface area contributed by atoms with Gasteiger partial charge in [0.1, 0.15) is 5.75 Å². The Hall–Kier alpha value is -2.94. The van der Waals surface area contributed by atoms with Crippen molar-refractivity contribution in [1.29, 1.82) is 0 Å². The lowest BCUT2D eigenvalue weighted by Crippen LogP contribution is -2.45. The van der Waals surface area contributed by atoms with Gasteiger partial charge in [-0.2, -0.15) is 4.31 Å². The second-order valence-electron chi connectivity index (χ2n) is 7.62. The molecule has 162 valence electrons. The number of aliphatic carboxylic acids is 1. The van der Waals surface area contributed by atoms with Gasteiger partial charge in [0, 0.05) is 18.5 Å². The van der Waals surface area contributed by atoms with Gasteiger partial charge in [-0.05, 0) is 42.0 Å². The number of sulfonamides is 1. The van der Waals surface area contributed by atoms with Crippen LogP contribution in [0.3, 0.4) is 0 Å². The van der Waals surface area contributed by atoms with Crippen LogP contribution in [0.4, 0.5) is 0 Å². The first-order valence-corrected chi connectivity index (χ1v) is 11.4. The van der Waals surface area contributed by atoms with Gasteiger partial charge in [-0.1, -0.05) is 48.5 Å². The number of hydrogen-bond acceptors (Lipinski definition) is 5. The number of carboxylic acid groups (broad SMARTS) is 1. The molecule has 0 aromatic heterocycles. The van der Waals surface area contributed by atoms with E-state index >= 15 is 0 Å². The molecule has 0 atom stereocenters. The first kappa shape index (κ1) is 21.3. The van der Waals surface area contributed by atoms with E-state index in [1.165, 1.54) is 4.31 Å². The van der Waals surface area contributed by atoms with Crippen molar-refractivity contribution in [3.63, 3.8) is 0 Å². The maximum Gasteiger partial charge on any atom is 0.341 e. The van der Waals surface area contributed by atoms with Gasteiger partial charge < -0.3 is 14.9 Å². The molecule has 1 fully saturated rings. The van der Waals surface area contributed by atoms with E-state index in [4.69, 9.17) is 9.84 Å². The van der Waals surface area contributed by atoms with Crippen LogP contribution in [-0.4, -0.2) is 48.6 Å². The van der Waals surface area contributed by atoms with E-state index < -0.39 is 28.2 Å². The summed E-state index contributed by atoms with van der Waals surface area (Å²) in [7, 11) is -3.70. The van der Waals surface area contributed by atoms with Gasteiger partial charge in [0.05, 0.1) is 10.5 Å². The molecular weight excluding hydrogens is 418 g/mol. The molecule has 2 N–H and O–H groups in total. The average molecular weight is 442 g/mol. The molecule has 1 heterocycles. The largest absolute Gasteiger partial charge is 0.482 e. The van der Waals surface area contributed by atoms with Crippen molar-refractivity contribution in [2.24, 2.45) is 0 Å². The highest BCUT2D eigenvalue weighted by atomic mass is 32.2. The zero-order chi connectivity index (χ0) is 22.1. The van der Waals surface area contributed by atoms with E-state index in [1.807, 2.05) is 24.3 Å². The maximum absolute atomic E-state index is 13.3. The fourth-order valence-corrected chi connectivity index (χ4v) is 5.61. The molecule has 3 aromatic carbocycles. The smallest absolute Gasteiger partial charge is 0.341 e. The molecule has 0 radical (unpaired) electrons. The standard InChI is InChI=1S/C23H23NO6S/c25-22(26)16-30-19-10-8-18(9-11-19)23(27)12-14-24(15-13-23)31(28,29)21-7-3-5-17-4-1-2-6-20(17)21/h1-11,27H,12-16H2,(H,25,26). The summed E-state index contributed by atoms with van der Waals surface area (Å²) in [5.41, 5.74) is -0.506. The molecule has 1 aliphatic rings. The Morgan fingerprint density at radius 1 is 0.968 bits per heavy atom. The second kappa shape index (κ2) is 8.30. The fraction of sp³-hybridized carbons (Fsp3) is 0.261. The third kappa shape index (κ3) is 4.27. The minimum Gasteiger partial charge on any atom is -0.482 e. The number of carboxylic acids is 1. The average Bonchev–Trinajstić information content (AvgIpc) is 2.78. The lowest BCUT2D eigenvalue weighted by molar-refractivity contribution is -0.139. The molecule has 0 unspecified atom stereocenters. The summed E-state index contributed by atoms with van der Waals surface area (Å²) in [6.45, 7) is -0.0523. The Morgan fingerprint density at radius 3 is 2.29 bits per heavy atom. The molecule has 31 heavy (non-hydrogen) atoms. The van der Waals surface area contributed by atoms with E-state index in [2.05, 4.69) is 0 Å². The first-order valence-electron chi connectivity index (χ1n) is 9.95. The van der Waals surface area contributed by atoms with Gasteiger partial charge >= 0.3 is 5.97 Å². The second-order valence-corrected chi connectivity index (χ2v) is 9.53. The number of piperidine rings is 1. The Kier molecular flexibility index (Phi) is 5.70. The minimum absolute atomic E-state index is 0.194. The third-order valence-corrected chi connectivity index (χ3v) is 7.63. The van der Waals surface area contributed by atoms with Crippen LogP contribution in [0.25, 0.3) is 10.8 Å². The van der Waals surface area contributed by atoms with Crippen molar-refractivity contribution in [3.8, 4) is 5.75 Å². The van der Waals surface area contributed by atoms with Crippen molar-refractivity contribution in [3.05, 3.63) is 72.3 Å². The highest BCUT2D eigenvalue weighted by Gasteiger charge is 2.38. The Bertz CT molecular complexity index is 1190. The lowest BCUT2D eigenvalue weighted by atomic mass is 9.85. The van der Waals surface area contributed by atoms with Crippen molar-refractivity contribution in [2.45, 2.75) is 23.3 Å². The Labute approximate surface area is 180 Å². The van der Waals surface area contributed by atoms with Crippen LogP contribution in [-0.2, 0) is 20.4 Å². The molecule has 7 nitrogen and oxygen atoms in total. The summed E-state index contributed by atoms with van der Waals surface area (Å²) in [5.74, 6) is -0.673. The number of aliphatic hydroxyl groups is 1. The normalized spacial score (nSPS) is 16.8. The van der Waals surface area contributed by atoms with Crippen LogP contribution in [0.2, 0.25) is 0 Å². The van der Waals surface area contributed by atoms with Crippen LogP contribution in [0.1, 0.15) is 18.4 Å². The lowest BCUT2D eigenvalue weighted by Gasteiger charge is -2.38. The molecule has 0 amide bonds. The number of nitrogens with zero attached hydrogens (tertiary/aromatic N) is 1. The Balaban J connectivity index is 1.50. The van der Waals surface area contributed by atoms with E-state index in [9.17, 15) is 18.3 Å². The van der Waals surface area contributed by atoms with Gasteiger partial charge in [-0.3, -0.25) is 0 Å². The molecule has 0 saturated carbocycles. The van der Waals surface area contributed by atoms with Crippen molar-refractivity contribution in [1.82, 2.24) is 4.31 Å². The molecular formula is C23H23NO6S. The number of rotatable bonds is 6. The predicted molar refractivity (Wildman–Crippen MR) is 115 cm³/mol. The topological polar surface area (TPSA) is 104 Å². The van der Waals surface area contributed by atoms with Crippen LogP contribution >= 0.6 is 0 Å². The zero-order valence-corrected chi connectivity index (χ0v) is 17.6. The highest BCUT2D eigenvalue weighted by molar-refractivity contribution is 7.89. The van der Waals surface area contributed by atoms with Gasteiger partial charge in [-0.15, -0.1) is 0 Å². The maximum atomic E-state index is 13.3. The van der Waals surface area contributed by atoms with Crippen LogP contribution in [0, 0.1) is 0 Å². The van der Waals surface area contributed by atoms with E-state index in [0.717, 1.165) is 5.39 Å². The van der Waals surface area contributed by atoms with E-state index in [-0.39, 0.29) is 30.8 Å². The number of carbonyl (C=O) groups is 1. The van der Waals surface area contributed by atoms with Crippen molar-refractivity contribution in [2.75, 3.05) is 19.7 Å². The summed E-state index contributed by atoms with van der Waals surface area (Å²) in [6.07, 6.45) is 0.513. The number of fused-ring (bicyclic) bond motifs is 1. The van der Waals surface area contributed by atoms with Crippen molar-refractivity contribution >= 4 is 26.8 Å². The summed E-state index contributed by atoms with van der Waals surface area (Å²) in [5, 5.41) is 21.4. The molecule has 0 spiro atoms. The number of benzene rings is 3. The molecule has 1 aliphatic heterocycles. The van der Waals surface area contributed by atoms with Crippen LogP contribution in [0.5, 0.6) is 5.75 Å². The number of hydrogen-bond donors (Lipinski definition) is 2. The molecule has 4 rings (SSSR count). The number of ether oxygens (including phenoxy) is 1. The minimum atomic E-state index is -3.70. The molecule has 0 aliphatic carbocycles. The predicted octanol–water partition coefficient (Wildman–Crippen LogP) is 2.98. The van der Waals surface area contributed by atoms with E-state index in [0.29, 0.717) is 16.7 Å². The fourth-order valence-electron chi connectivity index (χ4n) is 3.95. The molecule has 0 bridgehead atoms. The van der Waals surface area contributed by atoms with Gasteiger partial charge in [0.2, 0.25) is 10.0 Å². The van der Waals surface area contributed by atoms with Crippen molar-refractivity contribution < 1.29 is 28.2 Å². The van der Waals surface area contributed by atoms with Gasteiger partial charge in [0.25, 0.3) is 0 Å². The summed E-state index contributed by atoms with van der Waals surface area (Å²) >= 11 is 0. The summed E-state index contributed by atoms with van der Waals surface area (Å²) in [4.78, 5) is 10.9. The SMILES string of the molecule is O=C(O)COc1ccc(C2(O)CCN(S(=O)(=O)c3cccc4ccccc34)CC2)cc1. The molecule has 8 heteroatoms. The van der Waals surface area contributed by atoms with Gasteiger partial charge in [-0.25, -0.2) is 13.2 Å². The zero-order valence-electron chi connectivity index (χ0n) is 16.8. The first-order chi connectivity index (χ1) is 14.8. The summed E-state index contributed by atoms with van der Waals surface area (Å²) < 4.78 is 33.1. The highest BCUT2D eigenvalue weighted by Crippen LogP contribution is 2.36. The van der Waals surface area contributed by atoms with Crippen LogP contribution < -0.4 is 4.74 Å². The molecule has 3 aromatic rings. The molecule has 1 saturated heterocycles. The monoisotopic (exact) mass is 441 g/mol. The van der Waals surface area contributed by atoms with Crippen LogP contribution in [0.15, 0.2) is 71.6 Å². The Morgan fingerprint density at radius 2 is 1.61 bits per heavy atom.